The lowest BCUT2D eigenvalue weighted by atomic mass is 10.0. The molecular weight excluding hydrogens is 314 g/mol. The second-order valence-corrected chi connectivity index (χ2v) is 7.19. The maximum absolute atomic E-state index is 9.24. The Bertz CT molecular complexity index is 522. The Kier molecular flexibility index (Phi) is 8.25. The van der Waals surface area contributed by atoms with Gasteiger partial charge in [0.15, 0.2) is 5.96 Å². The molecule has 2 unspecified atom stereocenters. The van der Waals surface area contributed by atoms with Crippen molar-refractivity contribution in [3.05, 3.63) is 18.0 Å². The average Bonchev–Trinajstić information content (AvgIpc) is 3.21. The first-order chi connectivity index (χ1) is 12.2. The standard InChI is InChI=1S/C19H35N5O/c1-4-6-16(8-10-25)12-21-19(20-5-2)24-9-7-17(15-24)11-18-13-22-23(3)14-18/h13-14,16-17,25H,4-12,15H2,1-3H3,(H,20,21). The molecule has 0 bridgehead atoms. The monoisotopic (exact) mass is 349 g/mol. The first kappa shape index (κ1) is 19.8. The van der Waals surface area contributed by atoms with Gasteiger partial charge >= 0.3 is 0 Å². The van der Waals surface area contributed by atoms with E-state index >= 15 is 0 Å². The molecule has 1 aliphatic heterocycles. The number of likely N-dealkylation sites (tertiary alicyclic amines) is 1. The first-order valence-electron chi connectivity index (χ1n) is 9.77. The van der Waals surface area contributed by atoms with Crippen molar-refractivity contribution in [1.82, 2.24) is 20.0 Å². The van der Waals surface area contributed by atoms with Gasteiger partial charge < -0.3 is 15.3 Å². The predicted molar refractivity (Wildman–Crippen MR) is 103 cm³/mol. The van der Waals surface area contributed by atoms with Gasteiger partial charge in [0.2, 0.25) is 0 Å². The summed E-state index contributed by atoms with van der Waals surface area (Å²) in [5, 5.41) is 17.0. The summed E-state index contributed by atoms with van der Waals surface area (Å²) in [6.45, 7) is 8.39. The average molecular weight is 350 g/mol. The third-order valence-corrected chi connectivity index (χ3v) is 4.94. The topological polar surface area (TPSA) is 65.7 Å². The van der Waals surface area contributed by atoms with E-state index in [0.717, 1.165) is 57.8 Å². The van der Waals surface area contributed by atoms with Crippen LogP contribution in [0.25, 0.3) is 0 Å². The molecule has 2 heterocycles. The van der Waals surface area contributed by atoms with Crippen LogP contribution in [0, 0.1) is 11.8 Å². The Morgan fingerprint density at radius 3 is 2.92 bits per heavy atom. The molecule has 142 valence electrons. The summed E-state index contributed by atoms with van der Waals surface area (Å²) in [4.78, 5) is 7.28. The van der Waals surface area contributed by atoms with Crippen molar-refractivity contribution in [3.8, 4) is 0 Å². The van der Waals surface area contributed by atoms with E-state index in [2.05, 4.69) is 35.4 Å². The Labute approximate surface area is 152 Å². The highest BCUT2D eigenvalue weighted by molar-refractivity contribution is 5.80. The molecule has 6 heteroatoms. The molecule has 1 saturated heterocycles. The molecular formula is C19H35N5O. The summed E-state index contributed by atoms with van der Waals surface area (Å²) in [7, 11) is 1.97. The third-order valence-electron chi connectivity index (χ3n) is 4.94. The van der Waals surface area contributed by atoms with Gasteiger partial charge in [-0.2, -0.15) is 5.10 Å². The maximum atomic E-state index is 9.24. The Hall–Kier alpha value is -1.56. The van der Waals surface area contributed by atoms with Crippen LogP contribution in [-0.2, 0) is 13.5 Å². The minimum absolute atomic E-state index is 0.258. The van der Waals surface area contributed by atoms with Crippen molar-refractivity contribution in [1.29, 1.82) is 0 Å². The van der Waals surface area contributed by atoms with Crippen LogP contribution < -0.4 is 5.32 Å². The fourth-order valence-corrected chi connectivity index (χ4v) is 3.66. The van der Waals surface area contributed by atoms with Crippen LogP contribution in [0.1, 0.15) is 45.1 Å². The highest BCUT2D eigenvalue weighted by Crippen LogP contribution is 2.21. The molecule has 2 rings (SSSR count). The SMILES string of the molecule is CCCC(CCO)CN=C(NCC)N1CCC(Cc2cnn(C)c2)C1. The second-order valence-electron chi connectivity index (χ2n) is 7.19. The summed E-state index contributed by atoms with van der Waals surface area (Å²) in [6.07, 6.45) is 9.51. The molecule has 0 amide bonds. The number of guanidine groups is 1. The molecule has 0 radical (unpaired) electrons. The Balaban J connectivity index is 1.91. The van der Waals surface area contributed by atoms with Crippen molar-refractivity contribution >= 4 is 5.96 Å². The number of hydrogen-bond acceptors (Lipinski definition) is 3. The molecule has 0 aliphatic carbocycles. The zero-order valence-corrected chi connectivity index (χ0v) is 16.1. The normalized spacial score (nSPS) is 19.4. The number of aliphatic hydroxyl groups excluding tert-OH is 1. The van der Waals surface area contributed by atoms with E-state index in [1.54, 1.807) is 0 Å². The van der Waals surface area contributed by atoms with Crippen LogP contribution in [0.2, 0.25) is 0 Å². The van der Waals surface area contributed by atoms with E-state index in [1.165, 1.54) is 12.0 Å². The van der Waals surface area contributed by atoms with Gasteiger partial charge in [-0.15, -0.1) is 0 Å². The third kappa shape index (κ3) is 6.34. The molecule has 1 aromatic heterocycles. The molecule has 2 N–H and O–H groups in total. The lowest BCUT2D eigenvalue weighted by molar-refractivity contribution is 0.253. The van der Waals surface area contributed by atoms with E-state index in [1.807, 2.05) is 17.9 Å². The number of aliphatic hydroxyl groups is 1. The smallest absolute Gasteiger partial charge is 0.193 e. The minimum atomic E-state index is 0.258. The summed E-state index contributed by atoms with van der Waals surface area (Å²) >= 11 is 0. The Morgan fingerprint density at radius 1 is 1.44 bits per heavy atom. The maximum Gasteiger partial charge on any atom is 0.193 e. The summed E-state index contributed by atoms with van der Waals surface area (Å²) in [5.41, 5.74) is 1.32. The van der Waals surface area contributed by atoms with E-state index in [-0.39, 0.29) is 6.61 Å². The number of hydrogen-bond donors (Lipinski definition) is 2. The lowest BCUT2D eigenvalue weighted by Gasteiger charge is -2.23. The number of nitrogens with one attached hydrogen (secondary N) is 1. The number of nitrogens with zero attached hydrogens (tertiary/aromatic N) is 4. The van der Waals surface area contributed by atoms with Crippen LogP contribution in [0.5, 0.6) is 0 Å². The highest BCUT2D eigenvalue weighted by Gasteiger charge is 2.25. The van der Waals surface area contributed by atoms with Crippen molar-refractivity contribution in [3.63, 3.8) is 0 Å². The van der Waals surface area contributed by atoms with Crippen molar-refractivity contribution in [2.45, 2.75) is 46.0 Å². The van der Waals surface area contributed by atoms with Crippen LogP contribution >= 0.6 is 0 Å². The lowest BCUT2D eigenvalue weighted by Crippen LogP contribution is -2.40. The van der Waals surface area contributed by atoms with Gasteiger partial charge in [0.05, 0.1) is 6.20 Å². The fourth-order valence-electron chi connectivity index (χ4n) is 3.66. The van der Waals surface area contributed by atoms with Crippen LogP contribution in [0.4, 0.5) is 0 Å². The van der Waals surface area contributed by atoms with Gasteiger partial charge in [0.1, 0.15) is 0 Å². The quantitative estimate of drug-likeness (QED) is 0.529. The molecule has 0 spiro atoms. The zero-order valence-electron chi connectivity index (χ0n) is 16.1. The van der Waals surface area contributed by atoms with E-state index in [0.29, 0.717) is 11.8 Å². The van der Waals surface area contributed by atoms with Gasteiger partial charge in [0, 0.05) is 46.0 Å². The molecule has 25 heavy (non-hydrogen) atoms. The number of aryl methyl sites for hydroxylation is 1. The fraction of sp³-hybridized carbons (Fsp3) is 0.789. The van der Waals surface area contributed by atoms with Crippen LogP contribution in [0.3, 0.4) is 0 Å². The number of rotatable bonds is 9. The minimum Gasteiger partial charge on any atom is -0.396 e. The molecule has 0 aromatic carbocycles. The van der Waals surface area contributed by atoms with Gasteiger partial charge in [-0.3, -0.25) is 9.67 Å². The Morgan fingerprint density at radius 2 is 2.28 bits per heavy atom. The van der Waals surface area contributed by atoms with E-state index in [9.17, 15) is 5.11 Å². The number of aromatic nitrogens is 2. The predicted octanol–water partition coefficient (Wildman–Crippen LogP) is 2.05. The van der Waals surface area contributed by atoms with Gasteiger partial charge in [0.25, 0.3) is 0 Å². The summed E-state index contributed by atoms with van der Waals surface area (Å²) in [6, 6.07) is 0. The molecule has 6 nitrogen and oxygen atoms in total. The van der Waals surface area contributed by atoms with Crippen molar-refractivity contribution < 1.29 is 5.11 Å². The first-order valence-corrected chi connectivity index (χ1v) is 9.77. The van der Waals surface area contributed by atoms with Gasteiger partial charge in [-0.05, 0) is 50.0 Å². The highest BCUT2D eigenvalue weighted by atomic mass is 16.3. The van der Waals surface area contributed by atoms with Crippen LogP contribution in [-0.4, -0.2) is 58.5 Å². The molecule has 1 aliphatic rings. The largest absolute Gasteiger partial charge is 0.396 e. The molecule has 1 fully saturated rings. The van der Waals surface area contributed by atoms with E-state index < -0.39 is 0 Å². The second kappa shape index (κ2) is 10.4. The van der Waals surface area contributed by atoms with Crippen molar-refractivity contribution in [2.24, 2.45) is 23.9 Å². The molecule has 0 saturated carbocycles. The zero-order chi connectivity index (χ0) is 18.1. The summed E-state index contributed by atoms with van der Waals surface area (Å²) in [5.74, 6) is 2.18. The summed E-state index contributed by atoms with van der Waals surface area (Å²) < 4.78 is 1.88. The van der Waals surface area contributed by atoms with E-state index in [4.69, 9.17) is 4.99 Å². The number of aliphatic imine (C=N–C) groups is 1. The van der Waals surface area contributed by atoms with Crippen LogP contribution in [0.15, 0.2) is 17.4 Å². The van der Waals surface area contributed by atoms with Crippen molar-refractivity contribution in [2.75, 3.05) is 32.8 Å². The van der Waals surface area contributed by atoms with Gasteiger partial charge in [-0.25, -0.2) is 0 Å². The van der Waals surface area contributed by atoms with Gasteiger partial charge in [-0.1, -0.05) is 13.3 Å². The molecule has 1 aromatic rings. The molecule has 2 atom stereocenters.